The number of hydrogen-bond acceptors (Lipinski definition) is 4. The molecule has 1 aromatic rings. The van der Waals surface area contributed by atoms with Crippen molar-refractivity contribution in [2.75, 3.05) is 45.9 Å². The van der Waals surface area contributed by atoms with Gasteiger partial charge in [-0.3, -0.25) is 14.5 Å². The number of amides is 2. The van der Waals surface area contributed by atoms with Crippen LogP contribution in [0.2, 0.25) is 0 Å². The third kappa shape index (κ3) is 5.49. The molecule has 2 saturated heterocycles. The van der Waals surface area contributed by atoms with Crippen LogP contribution in [0, 0.1) is 18.7 Å². The van der Waals surface area contributed by atoms with E-state index in [1.54, 1.807) is 13.0 Å². The Morgan fingerprint density at radius 2 is 2.04 bits per heavy atom. The summed E-state index contributed by atoms with van der Waals surface area (Å²) in [5.74, 6) is -0.230. The number of carbonyl (C=O) groups is 2. The molecule has 2 aliphatic heterocycles. The van der Waals surface area contributed by atoms with Gasteiger partial charge in [0.05, 0.1) is 25.7 Å². The van der Waals surface area contributed by atoms with Crippen molar-refractivity contribution in [1.29, 1.82) is 0 Å². The first kappa shape index (κ1) is 19.8. The van der Waals surface area contributed by atoms with Gasteiger partial charge in [-0.1, -0.05) is 12.1 Å². The Morgan fingerprint density at radius 3 is 2.78 bits per heavy atom. The average Bonchev–Trinajstić information content (AvgIpc) is 2.69. The largest absolute Gasteiger partial charge is 0.378 e. The molecule has 1 N–H and O–H groups in total. The first-order valence-corrected chi connectivity index (χ1v) is 9.63. The van der Waals surface area contributed by atoms with Crippen LogP contribution in [0.3, 0.4) is 0 Å². The van der Waals surface area contributed by atoms with Crippen LogP contribution >= 0.6 is 0 Å². The standard InChI is InChI=1S/C20H28FN3O3/c1-15-4-5-16(11-18(15)21)12-22-19(25)14-23-6-2-3-17(13-23)20(26)24-7-9-27-10-8-24/h4-5,11,17H,2-3,6-10,12-14H2,1H3,(H,22,25). The maximum Gasteiger partial charge on any atom is 0.234 e. The zero-order valence-corrected chi connectivity index (χ0v) is 15.9. The predicted molar refractivity (Wildman–Crippen MR) is 99.5 cm³/mol. The Balaban J connectivity index is 1.45. The third-order valence-corrected chi connectivity index (χ3v) is 5.27. The number of aryl methyl sites for hydroxylation is 1. The number of ether oxygens (including phenoxy) is 1. The highest BCUT2D eigenvalue weighted by Crippen LogP contribution is 2.19. The van der Waals surface area contributed by atoms with Gasteiger partial charge in [0.1, 0.15) is 5.82 Å². The van der Waals surface area contributed by atoms with Crippen molar-refractivity contribution in [3.05, 3.63) is 35.1 Å². The van der Waals surface area contributed by atoms with Crippen molar-refractivity contribution in [1.82, 2.24) is 15.1 Å². The third-order valence-electron chi connectivity index (χ3n) is 5.27. The number of nitrogens with one attached hydrogen (secondary N) is 1. The van der Waals surface area contributed by atoms with Gasteiger partial charge in [-0.15, -0.1) is 0 Å². The van der Waals surface area contributed by atoms with Crippen molar-refractivity contribution >= 4 is 11.8 Å². The van der Waals surface area contributed by atoms with Crippen LogP contribution < -0.4 is 5.32 Å². The molecule has 2 amide bonds. The van der Waals surface area contributed by atoms with E-state index in [0.717, 1.165) is 24.9 Å². The summed E-state index contributed by atoms with van der Waals surface area (Å²) in [5.41, 5.74) is 1.33. The molecule has 3 rings (SSSR count). The second kappa shape index (κ2) is 9.28. The van der Waals surface area contributed by atoms with Crippen LogP contribution in [0.15, 0.2) is 18.2 Å². The van der Waals surface area contributed by atoms with Gasteiger partial charge in [0.2, 0.25) is 11.8 Å². The summed E-state index contributed by atoms with van der Waals surface area (Å²) < 4.78 is 18.9. The summed E-state index contributed by atoms with van der Waals surface area (Å²) in [6, 6.07) is 4.98. The Labute approximate surface area is 159 Å². The lowest BCUT2D eigenvalue weighted by Crippen LogP contribution is -2.49. The Hall–Kier alpha value is -1.99. The molecule has 1 atom stereocenters. The number of likely N-dealkylation sites (tertiary alicyclic amines) is 1. The smallest absolute Gasteiger partial charge is 0.234 e. The molecule has 148 valence electrons. The van der Waals surface area contributed by atoms with Crippen molar-refractivity contribution in [3.63, 3.8) is 0 Å². The van der Waals surface area contributed by atoms with Gasteiger partial charge in [-0.05, 0) is 43.5 Å². The molecule has 2 heterocycles. The Morgan fingerprint density at radius 1 is 1.26 bits per heavy atom. The molecule has 0 aliphatic carbocycles. The van der Waals surface area contributed by atoms with E-state index in [1.165, 1.54) is 6.07 Å². The number of hydrogen-bond donors (Lipinski definition) is 1. The topological polar surface area (TPSA) is 61.9 Å². The van der Waals surface area contributed by atoms with Crippen LogP contribution in [-0.4, -0.2) is 67.6 Å². The first-order valence-electron chi connectivity index (χ1n) is 9.63. The summed E-state index contributed by atoms with van der Waals surface area (Å²) in [6.45, 7) is 6.23. The fraction of sp³-hybridized carbons (Fsp3) is 0.600. The number of carbonyl (C=O) groups excluding carboxylic acids is 2. The summed E-state index contributed by atoms with van der Waals surface area (Å²) in [7, 11) is 0. The second-order valence-corrected chi connectivity index (χ2v) is 7.37. The minimum Gasteiger partial charge on any atom is -0.378 e. The van der Waals surface area contributed by atoms with E-state index in [1.807, 2.05) is 15.9 Å². The summed E-state index contributed by atoms with van der Waals surface area (Å²) >= 11 is 0. The average molecular weight is 377 g/mol. The lowest BCUT2D eigenvalue weighted by molar-refractivity contribution is -0.142. The number of nitrogens with zero attached hydrogens (tertiary/aromatic N) is 2. The molecule has 1 aromatic carbocycles. The maximum absolute atomic E-state index is 13.6. The SMILES string of the molecule is Cc1ccc(CNC(=O)CN2CCCC(C(=O)N3CCOCC3)C2)cc1F. The molecule has 0 saturated carbocycles. The number of morpholine rings is 1. The molecule has 6 nitrogen and oxygen atoms in total. The fourth-order valence-electron chi connectivity index (χ4n) is 3.65. The number of halogens is 1. The van der Waals surface area contributed by atoms with Crippen molar-refractivity contribution in [3.8, 4) is 0 Å². The molecule has 2 aliphatic rings. The normalized spacial score (nSPS) is 21.1. The number of benzene rings is 1. The van der Waals surface area contributed by atoms with E-state index >= 15 is 0 Å². The molecule has 0 bridgehead atoms. The summed E-state index contributed by atoms with van der Waals surface area (Å²) in [5, 5.41) is 2.84. The van der Waals surface area contributed by atoms with Crippen molar-refractivity contribution in [2.45, 2.75) is 26.3 Å². The van der Waals surface area contributed by atoms with Crippen LogP contribution in [0.25, 0.3) is 0 Å². The lowest BCUT2D eigenvalue weighted by Gasteiger charge is -2.35. The summed E-state index contributed by atoms with van der Waals surface area (Å²) in [4.78, 5) is 28.8. The maximum atomic E-state index is 13.6. The highest BCUT2D eigenvalue weighted by molar-refractivity contribution is 5.80. The number of piperidine rings is 1. The minimum absolute atomic E-state index is 0.0455. The van der Waals surface area contributed by atoms with Gasteiger partial charge in [0.15, 0.2) is 0 Å². The zero-order valence-electron chi connectivity index (χ0n) is 15.9. The van der Waals surface area contributed by atoms with Crippen LogP contribution in [0.1, 0.15) is 24.0 Å². The molecule has 0 spiro atoms. The Bertz CT molecular complexity index is 676. The van der Waals surface area contributed by atoms with Gasteiger partial charge in [-0.25, -0.2) is 4.39 Å². The van der Waals surface area contributed by atoms with E-state index in [4.69, 9.17) is 4.74 Å². The van der Waals surface area contributed by atoms with Gasteiger partial charge in [-0.2, -0.15) is 0 Å². The van der Waals surface area contributed by atoms with Crippen LogP contribution in [0.5, 0.6) is 0 Å². The quantitative estimate of drug-likeness (QED) is 0.841. The molecule has 0 aromatic heterocycles. The molecular weight excluding hydrogens is 349 g/mol. The zero-order chi connectivity index (χ0) is 19.2. The molecule has 27 heavy (non-hydrogen) atoms. The highest BCUT2D eigenvalue weighted by Gasteiger charge is 2.30. The predicted octanol–water partition coefficient (Wildman–Crippen LogP) is 1.32. The lowest BCUT2D eigenvalue weighted by atomic mass is 9.96. The second-order valence-electron chi connectivity index (χ2n) is 7.37. The van der Waals surface area contributed by atoms with Gasteiger partial charge < -0.3 is 15.0 Å². The Kier molecular flexibility index (Phi) is 6.79. The van der Waals surface area contributed by atoms with E-state index in [-0.39, 0.29) is 30.1 Å². The van der Waals surface area contributed by atoms with Crippen molar-refractivity contribution in [2.24, 2.45) is 5.92 Å². The molecule has 7 heteroatoms. The van der Waals surface area contributed by atoms with Gasteiger partial charge in [0, 0.05) is 26.2 Å². The molecular formula is C20H28FN3O3. The molecule has 1 unspecified atom stereocenters. The van der Waals surface area contributed by atoms with E-state index in [2.05, 4.69) is 5.32 Å². The fourth-order valence-corrected chi connectivity index (χ4v) is 3.65. The summed E-state index contributed by atoms with van der Waals surface area (Å²) in [6.07, 6.45) is 1.79. The minimum atomic E-state index is -0.262. The van der Waals surface area contributed by atoms with E-state index in [0.29, 0.717) is 45.0 Å². The van der Waals surface area contributed by atoms with Crippen molar-refractivity contribution < 1.29 is 18.7 Å². The molecule has 2 fully saturated rings. The van der Waals surface area contributed by atoms with Crippen LogP contribution in [0.4, 0.5) is 4.39 Å². The van der Waals surface area contributed by atoms with E-state index in [9.17, 15) is 14.0 Å². The van der Waals surface area contributed by atoms with Gasteiger partial charge >= 0.3 is 0 Å². The highest BCUT2D eigenvalue weighted by atomic mass is 19.1. The van der Waals surface area contributed by atoms with Gasteiger partial charge in [0.25, 0.3) is 0 Å². The van der Waals surface area contributed by atoms with Crippen LogP contribution in [-0.2, 0) is 20.9 Å². The monoisotopic (exact) mass is 377 g/mol. The van der Waals surface area contributed by atoms with E-state index < -0.39 is 0 Å². The number of rotatable bonds is 5. The first-order chi connectivity index (χ1) is 13.0. The molecule has 0 radical (unpaired) electrons.